The SMILES string of the molecule is COc1c(C)cnc(CNc2ccc(Br)c(Cl)c2Cl)c1C. The molecule has 1 aromatic carbocycles. The van der Waals surface area contributed by atoms with Gasteiger partial charge in [-0.15, -0.1) is 0 Å². The smallest absolute Gasteiger partial charge is 0.128 e. The second-order valence-corrected chi connectivity index (χ2v) is 6.23. The monoisotopic (exact) mass is 388 g/mol. The summed E-state index contributed by atoms with van der Waals surface area (Å²) < 4.78 is 6.18. The fourth-order valence-electron chi connectivity index (χ4n) is 2.09. The Morgan fingerprint density at radius 2 is 1.95 bits per heavy atom. The number of nitrogens with one attached hydrogen (secondary N) is 1. The minimum Gasteiger partial charge on any atom is -0.496 e. The number of anilines is 1. The molecule has 3 nitrogen and oxygen atoms in total. The average molecular weight is 390 g/mol. The third-order valence-corrected chi connectivity index (χ3v) is 5.00. The van der Waals surface area contributed by atoms with Crippen LogP contribution >= 0.6 is 39.1 Å². The molecule has 0 saturated carbocycles. The van der Waals surface area contributed by atoms with Crippen molar-refractivity contribution in [3.05, 3.63) is 49.7 Å². The number of ether oxygens (including phenoxy) is 1. The second-order valence-electron chi connectivity index (χ2n) is 4.62. The second kappa shape index (κ2) is 6.86. The standard InChI is InChI=1S/C15H15BrCl2N2O/c1-8-6-19-12(9(2)15(8)21-3)7-20-11-5-4-10(16)13(17)14(11)18/h4-6,20H,7H2,1-3H3. The molecule has 112 valence electrons. The van der Waals surface area contributed by atoms with Gasteiger partial charge in [0.15, 0.2) is 0 Å². The van der Waals surface area contributed by atoms with Gasteiger partial charge in [-0.3, -0.25) is 4.98 Å². The van der Waals surface area contributed by atoms with Crippen molar-refractivity contribution in [3.63, 3.8) is 0 Å². The maximum absolute atomic E-state index is 6.22. The molecule has 0 aliphatic carbocycles. The average Bonchev–Trinajstić information content (AvgIpc) is 2.46. The van der Waals surface area contributed by atoms with Crippen LogP contribution < -0.4 is 10.1 Å². The van der Waals surface area contributed by atoms with Crippen LogP contribution in [0.4, 0.5) is 5.69 Å². The van der Waals surface area contributed by atoms with E-state index in [4.69, 9.17) is 27.9 Å². The molecule has 0 atom stereocenters. The quantitative estimate of drug-likeness (QED) is 0.712. The Kier molecular flexibility index (Phi) is 5.36. The van der Waals surface area contributed by atoms with Crippen LogP contribution in [0.1, 0.15) is 16.8 Å². The highest BCUT2D eigenvalue weighted by Crippen LogP contribution is 2.36. The number of benzene rings is 1. The van der Waals surface area contributed by atoms with Gasteiger partial charge >= 0.3 is 0 Å². The highest BCUT2D eigenvalue weighted by Gasteiger charge is 2.11. The maximum atomic E-state index is 6.22. The van der Waals surface area contributed by atoms with Crippen LogP contribution in [0.15, 0.2) is 22.8 Å². The predicted octanol–water partition coefficient (Wildman–Crippen LogP) is 5.39. The lowest BCUT2D eigenvalue weighted by Crippen LogP contribution is -2.06. The molecule has 0 radical (unpaired) electrons. The molecule has 1 aromatic heterocycles. The van der Waals surface area contributed by atoms with Crippen molar-refractivity contribution < 1.29 is 4.74 Å². The van der Waals surface area contributed by atoms with E-state index < -0.39 is 0 Å². The van der Waals surface area contributed by atoms with Gasteiger partial charge in [0.2, 0.25) is 0 Å². The zero-order valence-electron chi connectivity index (χ0n) is 11.9. The van der Waals surface area contributed by atoms with Crippen LogP contribution in [-0.2, 0) is 6.54 Å². The minimum absolute atomic E-state index is 0.489. The van der Waals surface area contributed by atoms with Crippen LogP contribution in [0.5, 0.6) is 5.75 Å². The zero-order chi connectivity index (χ0) is 15.6. The molecule has 21 heavy (non-hydrogen) atoms. The van der Waals surface area contributed by atoms with Gasteiger partial charge in [0.25, 0.3) is 0 Å². The number of nitrogens with zero attached hydrogens (tertiary/aromatic N) is 1. The number of rotatable bonds is 4. The first kappa shape index (κ1) is 16.4. The van der Waals surface area contributed by atoms with E-state index in [0.29, 0.717) is 16.6 Å². The lowest BCUT2D eigenvalue weighted by atomic mass is 10.1. The highest BCUT2D eigenvalue weighted by atomic mass is 79.9. The Morgan fingerprint density at radius 1 is 1.24 bits per heavy atom. The van der Waals surface area contributed by atoms with E-state index in [2.05, 4.69) is 26.2 Å². The topological polar surface area (TPSA) is 34.1 Å². The first-order chi connectivity index (χ1) is 9.95. The molecular weight excluding hydrogens is 375 g/mol. The van der Waals surface area contributed by atoms with Gasteiger partial charge in [-0.25, -0.2) is 0 Å². The first-order valence-electron chi connectivity index (χ1n) is 6.32. The summed E-state index contributed by atoms with van der Waals surface area (Å²) in [4.78, 5) is 4.44. The summed E-state index contributed by atoms with van der Waals surface area (Å²) in [6, 6.07) is 3.73. The minimum atomic E-state index is 0.489. The lowest BCUT2D eigenvalue weighted by Gasteiger charge is -2.14. The number of hydrogen-bond donors (Lipinski definition) is 1. The van der Waals surface area contributed by atoms with E-state index in [1.54, 1.807) is 13.3 Å². The van der Waals surface area contributed by atoms with Gasteiger partial charge in [0.1, 0.15) is 5.75 Å². The van der Waals surface area contributed by atoms with Gasteiger partial charge in [-0.1, -0.05) is 23.2 Å². The molecule has 0 bridgehead atoms. The Morgan fingerprint density at radius 3 is 2.62 bits per heavy atom. The summed E-state index contributed by atoms with van der Waals surface area (Å²) in [7, 11) is 1.66. The molecule has 0 amide bonds. The van der Waals surface area contributed by atoms with Crippen LogP contribution in [0.25, 0.3) is 0 Å². The number of methoxy groups -OCH3 is 1. The van der Waals surface area contributed by atoms with E-state index in [1.165, 1.54) is 0 Å². The molecule has 0 aliphatic rings. The number of hydrogen-bond acceptors (Lipinski definition) is 3. The molecule has 6 heteroatoms. The van der Waals surface area contributed by atoms with Crippen molar-refractivity contribution in [1.82, 2.24) is 4.98 Å². The molecular formula is C15H15BrCl2N2O. The summed E-state index contributed by atoms with van der Waals surface area (Å²) in [5.41, 5.74) is 3.71. The van der Waals surface area contributed by atoms with Crippen LogP contribution in [-0.4, -0.2) is 12.1 Å². The predicted molar refractivity (Wildman–Crippen MR) is 91.8 cm³/mol. The Hall–Kier alpha value is -0.970. The van der Waals surface area contributed by atoms with Crippen molar-refractivity contribution in [2.24, 2.45) is 0 Å². The van der Waals surface area contributed by atoms with Gasteiger partial charge < -0.3 is 10.1 Å². The van der Waals surface area contributed by atoms with Crippen molar-refractivity contribution in [3.8, 4) is 5.75 Å². The van der Waals surface area contributed by atoms with Crippen molar-refractivity contribution >= 4 is 44.8 Å². The lowest BCUT2D eigenvalue weighted by molar-refractivity contribution is 0.407. The van der Waals surface area contributed by atoms with E-state index in [0.717, 1.165) is 32.7 Å². The van der Waals surface area contributed by atoms with Crippen molar-refractivity contribution in [2.75, 3.05) is 12.4 Å². The number of aromatic nitrogens is 1. The fraction of sp³-hybridized carbons (Fsp3) is 0.267. The highest BCUT2D eigenvalue weighted by molar-refractivity contribution is 9.10. The maximum Gasteiger partial charge on any atom is 0.128 e. The Bertz CT molecular complexity index is 677. The first-order valence-corrected chi connectivity index (χ1v) is 7.87. The normalized spacial score (nSPS) is 10.6. The summed E-state index contributed by atoms with van der Waals surface area (Å²) in [5.74, 6) is 0.863. The summed E-state index contributed by atoms with van der Waals surface area (Å²) in [5, 5.41) is 4.24. The zero-order valence-corrected chi connectivity index (χ0v) is 15.0. The van der Waals surface area contributed by atoms with Gasteiger partial charge in [0.05, 0.1) is 35.1 Å². The molecule has 1 heterocycles. The molecule has 0 unspecified atom stereocenters. The van der Waals surface area contributed by atoms with E-state index in [9.17, 15) is 0 Å². The fourth-order valence-corrected chi connectivity index (χ4v) is 2.93. The van der Waals surface area contributed by atoms with Crippen LogP contribution in [0, 0.1) is 13.8 Å². The van der Waals surface area contributed by atoms with Crippen LogP contribution in [0.3, 0.4) is 0 Å². The third kappa shape index (κ3) is 3.44. The number of pyridine rings is 1. The van der Waals surface area contributed by atoms with E-state index >= 15 is 0 Å². The van der Waals surface area contributed by atoms with E-state index in [-0.39, 0.29) is 0 Å². The Balaban J connectivity index is 2.23. The summed E-state index contributed by atoms with van der Waals surface area (Å²) in [6.07, 6.45) is 1.80. The van der Waals surface area contributed by atoms with Gasteiger partial charge in [-0.2, -0.15) is 0 Å². The Labute approximate surface area is 142 Å². The number of aryl methyl sites for hydroxylation is 1. The van der Waals surface area contributed by atoms with Crippen LogP contribution in [0.2, 0.25) is 10.0 Å². The van der Waals surface area contributed by atoms with Crippen molar-refractivity contribution in [2.45, 2.75) is 20.4 Å². The molecule has 0 fully saturated rings. The molecule has 1 N–H and O–H groups in total. The molecule has 2 rings (SSSR count). The molecule has 0 aliphatic heterocycles. The summed E-state index contributed by atoms with van der Waals surface area (Å²) >= 11 is 15.7. The third-order valence-electron chi connectivity index (χ3n) is 3.23. The van der Waals surface area contributed by atoms with Gasteiger partial charge in [-0.05, 0) is 41.9 Å². The number of halogens is 3. The molecule has 0 spiro atoms. The van der Waals surface area contributed by atoms with Crippen molar-refractivity contribution in [1.29, 1.82) is 0 Å². The largest absolute Gasteiger partial charge is 0.496 e. The van der Waals surface area contributed by atoms with Gasteiger partial charge in [0, 0.05) is 21.8 Å². The van der Waals surface area contributed by atoms with E-state index in [1.807, 2.05) is 26.0 Å². The molecule has 2 aromatic rings. The molecule has 0 saturated heterocycles. The summed E-state index contributed by atoms with van der Waals surface area (Å²) in [6.45, 7) is 4.51.